The van der Waals surface area contributed by atoms with Gasteiger partial charge >= 0.3 is 0 Å². The number of benzene rings is 3. The number of carbonyl (C=O) groups excluding carboxylic acids is 5. The Balaban J connectivity index is 1.67. The first-order valence-corrected chi connectivity index (χ1v) is 17.7. The van der Waals surface area contributed by atoms with Gasteiger partial charge in [0, 0.05) is 25.9 Å². The molecule has 1 fully saturated rings. The van der Waals surface area contributed by atoms with Gasteiger partial charge in [0.25, 0.3) is 0 Å². The Hall–Kier alpha value is -6.39. The Bertz CT molecular complexity index is 1840. The van der Waals surface area contributed by atoms with Crippen LogP contribution in [0.1, 0.15) is 43.2 Å². The predicted octanol–water partition coefficient (Wildman–Crippen LogP) is -1.10. The number of aromatic hydroxyl groups is 1. The quantitative estimate of drug-likeness (QED) is 0.0573. The molecule has 0 bridgehead atoms. The van der Waals surface area contributed by atoms with Crippen molar-refractivity contribution in [3.63, 3.8) is 0 Å². The van der Waals surface area contributed by atoms with Crippen molar-refractivity contribution >= 4 is 52.2 Å². The van der Waals surface area contributed by atoms with Crippen molar-refractivity contribution in [1.82, 2.24) is 26.6 Å². The van der Waals surface area contributed by atoms with E-state index in [-0.39, 0.29) is 49.9 Å². The molecular formula is C37H49N11O6. The zero-order chi connectivity index (χ0) is 39.0. The largest absolute Gasteiger partial charge is 0.508 e. The van der Waals surface area contributed by atoms with Crippen LogP contribution < -0.4 is 49.5 Å². The minimum Gasteiger partial charge on any atom is -0.508 e. The third-order valence-electron chi connectivity index (χ3n) is 8.74. The minimum absolute atomic E-state index is 0.00266. The molecule has 3 aromatic rings. The van der Waals surface area contributed by atoms with Crippen LogP contribution in [0.5, 0.6) is 5.75 Å². The lowest BCUT2D eigenvalue weighted by molar-refractivity contribution is -0.134. The molecule has 54 heavy (non-hydrogen) atoms. The van der Waals surface area contributed by atoms with Crippen LogP contribution in [-0.4, -0.2) is 90.4 Å². The van der Waals surface area contributed by atoms with Crippen LogP contribution in [0.2, 0.25) is 0 Å². The van der Waals surface area contributed by atoms with Gasteiger partial charge in [0.2, 0.25) is 29.5 Å². The molecule has 1 heterocycles. The Labute approximate surface area is 312 Å². The molecule has 0 spiro atoms. The van der Waals surface area contributed by atoms with Crippen molar-refractivity contribution in [3.8, 4) is 5.75 Å². The van der Waals surface area contributed by atoms with Gasteiger partial charge in [0.15, 0.2) is 11.9 Å². The van der Waals surface area contributed by atoms with Gasteiger partial charge in [-0.15, -0.1) is 0 Å². The summed E-state index contributed by atoms with van der Waals surface area (Å²) in [6.45, 7) is -0.0457. The van der Waals surface area contributed by atoms with Crippen molar-refractivity contribution in [2.24, 2.45) is 32.9 Å². The number of phenolic OH excluding ortho intramolecular Hbond substituents is 1. The molecule has 4 rings (SSSR count). The number of hydrogen-bond donors (Lipinski definition) is 10. The van der Waals surface area contributed by atoms with Gasteiger partial charge in [-0.2, -0.15) is 0 Å². The van der Waals surface area contributed by atoms with E-state index in [1.54, 1.807) is 12.1 Å². The number of carbonyl (C=O) groups is 5. The predicted molar refractivity (Wildman–Crippen MR) is 205 cm³/mol. The molecule has 5 amide bonds. The molecule has 1 aliphatic rings. The summed E-state index contributed by atoms with van der Waals surface area (Å²) in [6, 6.07) is 14.8. The highest BCUT2D eigenvalue weighted by molar-refractivity contribution is 5.97. The molecule has 0 saturated carbocycles. The Morgan fingerprint density at radius 2 is 1.11 bits per heavy atom. The molecule has 0 aliphatic carbocycles. The molecule has 0 radical (unpaired) electrons. The average molecular weight is 744 g/mol. The normalized spacial score (nSPS) is 19.9. The van der Waals surface area contributed by atoms with E-state index in [1.807, 2.05) is 42.5 Å². The molecule has 0 aromatic heterocycles. The number of nitrogens with zero attached hydrogens (tertiary/aromatic N) is 2. The fourth-order valence-corrected chi connectivity index (χ4v) is 5.95. The van der Waals surface area contributed by atoms with Crippen molar-refractivity contribution in [2.45, 2.75) is 69.1 Å². The summed E-state index contributed by atoms with van der Waals surface area (Å²) in [5.41, 5.74) is 23.2. The number of hydrogen-bond acceptors (Lipinski definition) is 8. The van der Waals surface area contributed by atoms with Crippen LogP contribution in [0.15, 0.2) is 76.7 Å². The molecule has 1 saturated heterocycles. The number of fused-ring (bicyclic) bond motifs is 1. The highest BCUT2D eigenvalue weighted by Crippen LogP contribution is 2.17. The standard InChI is InChI=1S/C37H49N11O6/c38-36(39)42-16-4-3-8-27-33(52)46-28(9-5-17-43-37(40)41)34(53)48-29(20-23-10-13-24-6-1-2-7-25(24)18-23)32(51)44-21-31(50)45-30(35(54)47-27)19-22-11-14-26(49)15-12-22/h1-2,6-7,10-15,18,27-30,49H,3-5,8-9,16-17,19-21H2,(H,44,51)(H,45,50)(H,46,52)(H,47,54)(H,48,53)(H4,38,39,42)(H4,40,41,43)/t27-,28-,29-,30+/m0/s1. The maximum absolute atomic E-state index is 14.0. The molecular weight excluding hydrogens is 694 g/mol. The van der Waals surface area contributed by atoms with Crippen molar-refractivity contribution in [3.05, 3.63) is 77.9 Å². The fourth-order valence-electron chi connectivity index (χ4n) is 5.95. The summed E-state index contributed by atoms with van der Waals surface area (Å²) in [7, 11) is 0. The van der Waals surface area contributed by atoms with E-state index in [4.69, 9.17) is 22.9 Å². The molecule has 17 nitrogen and oxygen atoms in total. The van der Waals surface area contributed by atoms with Crippen molar-refractivity contribution < 1.29 is 29.1 Å². The summed E-state index contributed by atoms with van der Waals surface area (Å²) in [5.74, 6) is -3.51. The van der Waals surface area contributed by atoms with Crippen LogP contribution in [0.3, 0.4) is 0 Å². The van der Waals surface area contributed by atoms with E-state index in [9.17, 15) is 29.1 Å². The van der Waals surface area contributed by atoms with Gasteiger partial charge in [0.1, 0.15) is 29.9 Å². The SMILES string of the molecule is NC(N)=NCCCC[C@@H]1NC(=O)[C@@H](Cc2ccc(O)cc2)NC(=O)CNC(=O)[C@H](Cc2ccc3ccccc3c2)NC(=O)[C@H](CCCN=C(N)N)NC1=O. The lowest BCUT2D eigenvalue weighted by Gasteiger charge is -2.26. The molecule has 4 atom stereocenters. The maximum Gasteiger partial charge on any atom is 0.243 e. The molecule has 17 heteroatoms. The first-order valence-electron chi connectivity index (χ1n) is 17.7. The number of aliphatic imine (C=N–C) groups is 2. The van der Waals surface area contributed by atoms with Crippen LogP contribution in [-0.2, 0) is 36.8 Å². The second-order valence-electron chi connectivity index (χ2n) is 13.0. The van der Waals surface area contributed by atoms with Crippen LogP contribution >= 0.6 is 0 Å². The summed E-state index contributed by atoms with van der Waals surface area (Å²) in [5, 5.41) is 25.2. The molecule has 14 N–H and O–H groups in total. The van der Waals surface area contributed by atoms with E-state index in [1.165, 1.54) is 12.1 Å². The van der Waals surface area contributed by atoms with Crippen molar-refractivity contribution in [2.75, 3.05) is 19.6 Å². The highest BCUT2D eigenvalue weighted by Gasteiger charge is 2.32. The van der Waals surface area contributed by atoms with Gasteiger partial charge in [-0.05, 0) is 66.1 Å². The van der Waals surface area contributed by atoms with Crippen LogP contribution in [0.4, 0.5) is 0 Å². The summed E-state index contributed by atoms with van der Waals surface area (Å²) in [4.78, 5) is 76.6. The first-order chi connectivity index (χ1) is 25.9. The van der Waals surface area contributed by atoms with E-state index >= 15 is 0 Å². The number of nitrogens with one attached hydrogen (secondary N) is 5. The van der Waals surface area contributed by atoms with E-state index < -0.39 is 60.2 Å². The molecule has 0 unspecified atom stereocenters. The molecule has 3 aromatic carbocycles. The number of amides is 5. The Morgan fingerprint density at radius 1 is 0.593 bits per heavy atom. The minimum atomic E-state index is -1.18. The second-order valence-corrected chi connectivity index (χ2v) is 13.0. The maximum atomic E-state index is 14.0. The summed E-state index contributed by atoms with van der Waals surface area (Å²) < 4.78 is 0. The number of unbranched alkanes of at least 4 members (excludes halogenated alkanes) is 1. The first kappa shape index (κ1) is 40.4. The average Bonchev–Trinajstić information content (AvgIpc) is 3.14. The fraction of sp³-hybridized carbons (Fsp3) is 0.378. The summed E-state index contributed by atoms with van der Waals surface area (Å²) in [6.07, 6.45) is 1.50. The van der Waals surface area contributed by atoms with E-state index in [0.29, 0.717) is 31.4 Å². The Morgan fingerprint density at radius 3 is 1.76 bits per heavy atom. The lowest BCUT2D eigenvalue weighted by atomic mass is 10.0. The Kier molecular flexibility index (Phi) is 15.0. The monoisotopic (exact) mass is 743 g/mol. The topological polar surface area (TPSA) is 295 Å². The lowest BCUT2D eigenvalue weighted by Crippen LogP contribution is -2.58. The van der Waals surface area contributed by atoms with Crippen LogP contribution in [0, 0.1) is 0 Å². The zero-order valence-corrected chi connectivity index (χ0v) is 29.9. The molecule has 288 valence electrons. The smallest absolute Gasteiger partial charge is 0.243 e. The molecule has 1 aliphatic heterocycles. The number of nitrogens with two attached hydrogens (primary N) is 4. The summed E-state index contributed by atoms with van der Waals surface area (Å²) >= 11 is 0. The van der Waals surface area contributed by atoms with Gasteiger partial charge in [-0.1, -0.05) is 54.6 Å². The third kappa shape index (κ3) is 13.0. The number of rotatable bonds is 13. The third-order valence-corrected chi connectivity index (χ3v) is 8.74. The van der Waals surface area contributed by atoms with E-state index in [0.717, 1.165) is 16.3 Å². The van der Waals surface area contributed by atoms with Crippen molar-refractivity contribution in [1.29, 1.82) is 0 Å². The number of phenols is 1. The van der Waals surface area contributed by atoms with E-state index in [2.05, 4.69) is 36.6 Å². The van der Waals surface area contributed by atoms with Crippen LogP contribution in [0.25, 0.3) is 10.8 Å². The van der Waals surface area contributed by atoms with Gasteiger partial charge in [-0.25, -0.2) is 0 Å². The zero-order valence-electron chi connectivity index (χ0n) is 29.9. The number of guanidine groups is 2. The van der Waals surface area contributed by atoms with Gasteiger partial charge in [-0.3, -0.25) is 34.0 Å². The van der Waals surface area contributed by atoms with Gasteiger partial charge < -0.3 is 54.6 Å². The van der Waals surface area contributed by atoms with Gasteiger partial charge in [0.05, 0.1) is 6.54 Å². The highest BCUT2D eigenvalue weighted by atomic mass is 16.3. The second kappa shape index (κ2) is 20.0.